The Hall–Kier alpha value is -1.14. The third-order valence-corrected chi connectivity index (χ3v) is 3.33. The van der Waals surface area contributed by atoms with Gasteiger partial charge in [0.1, 0.15) is 0 Å². The van der Waals surface area contributed by atoms with Crippen LogP contribution in [0.25, 0.3) is 0 Å². The molecule has 0 aromatic carbocycles. The van der Waals surface area contributed by atoms with Gasteiger partial charge in [-0.2, -0.15) is 0 Å². The normalized spacial score (nSPS) is 18.8. The Labute approximate surface area is 108 Å². The van der Waals surface area contributed by atoms with Crippen LogP contribution in [0.15, 0.2) is 0 Å². The van der Waals surface area contributed by atoms with Crippen molar-refractivity contribution < 1.29 is 9.59 Å². The first-order valence-electron chi connectivity index (χ1n) is 6.43. The molecule has 1 aliphatic rings. The predicted molar refractivity (Wildman–Crippen MR) is 69.9 cm³/mol. The molecule has 0 radical (unpaired) electrons. The zero-order chi connectivity index (χ0) is 13.7. The Kier molecular flexibility index (Phi) is 5.55. The van der Waals surface area contributed by atoms with E-state index >= 15 is 0 Å². The minimum Gasteiger partial charge on any atom is -0.358 e. The van der Waals surface area contributed by atoms with Crippen molar-refractivity contribution in [2.24, 2.45) is 11.7 Å². The Morgan fingerprint density at radius 1 is 1.22 bits per heavy atom. The highest BCUT2D eigenvalue weighted by molar-refractivity contribution is 5.82. The lowest BCUT2D eigenvalue weighted by molar-refractivity contribution is -0.135. The molecule has 0 aliphatic carbocycles. The van der Waals surface area contributed by atoms with Crippen LogP contribution in [0.5, 0.6) is 0 Å². The zero-order valence-corrected chi connectivity index (χ0v) is 11.5. The van der Waals surface area contributed by atoms with Gasteiger partial charge in [0.05, 0.1) is 12.6 Å². The first-order chi connectivity index (χ1) is 8.45. The van der Waals surface area contributed by atoms with Gasteiger partial charge in [-0.3, -0.25) is 14.5 Å². The van der Waals surface area contributed by atoms with Crippen LogP contribution in [0, 0.1) is 5.92 Å². The fraction of sp³-hybridized carbons (Fsp3) is 0.833. The summed E-state index contributed by atoms with van der Waals surface area (Å²) in [6.07, 6.45) is 0. The Bertz CT molecular complexity index is 298. The molecule has 6 nitrogen and oxygen atoms in total. The number of nitrogens with zero attached hydrogens (tertiary/aromatic N) is 2. The van der Waals surface area contributed by atoms with E-state index in [0.717, 1.165) is 13.1 Å². The molecule has 1 fully saturated rings. The van der Waals surface area contributed by atoms with Gasteiger partial charge in [-0.15, -0.1) is 0 Å². The SMILES string of the molecule is CNC(=O)CN1CCN(C(=O)[C@H](N)C(C)C)CC1. The van der Waals surface area contributed by atoms with Gasteiger partial charge in [-0.1, -0.05) is 13.8 Å². The second-order valence-electron chi connectivity index (χ2n) is 5.04. The number of carbonyl (C=O) groups is 2. The Balaban J connectivity index is 2.39. The number of rotatable bonds is 4. The topological polar surface area (TPSA) is 78.7 Å². The van der Waals surface area contributed by atoms with Gasteiger partial charge in [0.25, 0.3) is 0 Å². The van der Waals surface area contributed by atoms with Crippen LogP contribution < -0.4 is 11.1 Å². The Morgan fingerprint density at radius 3 is 2.22 bits per heavy atom. The van der Waals surface area contributed by atoms with Gasteiger partial charge in [-0.05, 0) is 5.92 Å². The highest BCUT2D eigenvalue weighted by atomic mass is 16.2. The monoisotopic (exact) mass is 256 g/mol. The number of hydrogen-bond donors (Lipinski definition) is 2. The molecular formula is C12H24N4O2. The van der Waals surface area contributed by atoms with E-state index in [4.69, 9.17) is 5.73 Å². The summed E-state index contributed by atoms with van der Waals surface area (Å²) in [6.45, 7) is 7.05. The third kappa shape index (κ3) is 3.96. The van der Waals surface area contributed by atoms with Crippen molar-refractivity contribution in [3.8, 4) is 0 Å². The maximum atomic E-state index is 12.0. The maximum absolute atomic E-state index is 12.0. The highest BCUT2D eigenvalue weighted by Gasteiger charge is 2.27. The quantitative estimate of drug-likeness (QED) is 0.666. The lowest BCUT2D eigenvalue weighted by atomic mass is 10.0. The standard InChI is InChI=1S/C12H24N4O2/c1-9(2)11(13)12(18)16-6-4-15(5-7-16)8-10(17)14-3/h9,11H,4-8,13H2,1-3H3,(H,14,17)/t11-/m1/s1. The molecule has 0 spiro atoms. The molecule has 18 heavy (non-hydrogen) atoms. The van der Waals surface area contributed by atoms with Gasteiger partial charge in [0, 0.05) is 33.2 Å². The maximum Gasteiger partial charge on any atom is 0.239 e. The van der Waals surface area contributed by atoms with E-state index in [1.807, 2.05) is 18.7 Å². The summed E-state index contributed by atoms with van der Waals surface area (Å²) >= 11 is 0. The van der Waals surface area contributed by atoms with Crippen LogP contribution >= 0.6 is 0 Å². The molecule has 1 heterocycles. The van der Waals surface area contributed by atoms with Crippen molar-refractivity contribution in [2.75, 3.05) is 39.8 Å². The highest BCUT2D eigenvalue weighted by Crippen LogP contribution is 2.07. The summed E-state index contributed by atoms with van der Waals surface area (Å²) in [5, 5.41) is 2.60. The molecule has 6 heteroatoms. The van der Waals surface area contributed by atoms with Crippen LogP contribution in [-0.2, 0) is 9.59 Å². The van der Waals surface area contributed by atoms with E-state index < -0.39 is 6.04 Å². The minimum atomic E-state index is -0.421. The second kappa shape index (κ2) is 6.70. The summed E-state index contributed by atoms with van der Waals surface area (Å²) < 4.78 is 0. The summed E-state index contributed by atoms with van der Waals surface area (Å²) in [5.74, 6) is 0.180. The van der Waals surface area contributed by atoms with Gasteiger partial charge in [0.2, 0.25) is 11.8 Å². The molecule has 1 atom stereocenters. The van der Waals surface area contributed by atoms with Gasteiger partial charge in [0.15, 0.2) is 0 Å². The second-order valence-corrected chi connectivity index (χ2v) is 5.04. The van der Waals surface area contributed by atoms with E-state index in [2.05, 4.69) is 5.32 Å². The molecule has 0 saturated carbocycles. The molecule has 1 rings (SSSR count). The molecule has 0 aromatic rings. The Morgan fingerprint density at radius 2 is 1.78 bits per heavy atom. The number of piperazine rings is 1. The first-order valence-corrected chi connectivity index (χ1v) is 6.43. The summed E-state index contributed by atoms with van der Waals surface area (Å²) in [6, 6.07) is -0.421. The van der Waals surface area contributed by atoms with Crippen molar-refractivity contribution in [3.05, 3.63) is 0 Å². The minimum absolute atomic E-state index is 0.00802. The van der Waals surface area contributed by atoms with E-state index in [9.17, 15) is 9.59 Å². The molecule has 104 valence electrons. The largest absolute Gasteiger partial charge is 0.358 e. The lowest BCUT2D eigenvalue weighted by Crippen LogP contribution is -2.55. The molecule has 2 amide bonds. The van der Waals surface area contributed by atoms with E-state index in [1.165, 1.54) is 0 Å². The van der Waals surface area contributed by atoms with Gasteiger partial charge >= 0.3 is 0 Å². The van der Waals surface area contributed by atoms with Crippen LogP contribution in [0.1, 0.15) is 13.8 Å². The number of nitrogens with one attached hydrogen (secondary N) is 1. The molecule has 0 bridgehead atoms. The van der Waals surface area contributed by atoms with E-state index in [-0.39, 0.29) is 17.7 Å². The van der Waals surface area contributed by atoms with Crippen molar-refractivity contribution in [1.29, 1.82) is 0 Å². The average Bonchev–Trinajstić information content (AvgIpc) is 2.37. The van der Waals surface area contributed by atoms with Gasteiger partial charge < -0.3 is 16.0 Å². The number of carbonyl (C=O) groups excluding carboxylic acids is 2. The molecule has 3 N–H and O–H groups in total. The third-order valence-electron chi connectivity index (χ3n) is 3.33. The van der Waals surface area contributed by atoms with Crippen LogP contribution in [0.3, 0.4) is 0 Å². The number of likely N-dealkylation sites (N-methyl/N-ethyl adjacent to an activating group) is 1. The average molecular weight is 256 g/mol. The van der Waals surface area contributed by atoms with Crippen molar-refractivity contribution >= 4 is 11.8 Å². The molecule has 1 aliphatic heterocycles. The number of amides is 2. The van der Waals surface area contributed by atoms with Crippen molar-refractivity contribution in [3.63, 3.8) is 0 Å². The first kappa shape index (κ1) is 14.9. The molecular weight excluding hydrogens is 232 g/mol. The fourth-order valence-corrected chi connectivity index (χ4v) is 1.90. The van der Waals surface area contributed by atoms with Gasteiger partial charge in [-0.25, -0.2) is 0 Å². The predicted octanol–water partition coefficient (Wildman–Crippen LogP) is -1.14. The number of hydrogen-bond acceptors (Lipinski definition) is 4. The fourth-order valence-electron chi connectivity index (χ4n) is 1.90. The van der Waals surface area contributed by atoms with E-state index in [1.54, 1.807) is 11.9 Å². The van der Waals surface area contributed by atoms with Crippen LogP contribution in [0.2, 0.25) is 0 Å². The van der Waals surface area contributed by atoms with E-state index in [0.29, 0.717) is 19.6 Å². The molecule has 0 aromatic heterocycles. The van der Waals surface area contributed by atoms with Crippen molar-refractivity contribution in [2.45, 2.75) is 19.9 Å². The summed E-state index contributed by atoms with van der Waals surface area (Å²) in [7, 11) is 1.63. The van der Waals surface area contributed by atoms with Crippen molar-refractivity contribution in [1.82, 2.24) is 15.1 Å². The van der Waals surface area contributed by atoms with Crippen LogP contribution in [0.4, 0.5) is 0 Å². The van der Waals surface area contributed by atoms with Crippen LogP contribution in [-0.4, -0.2) is 67.4 Å². The lowest BCUT2D eigenvalue weighted by Gasteiger charge is -2.36. The molecule has 1 saturated heterocycles. The number of nitrogens with two attached hydrogens (primary N) is 1. The molecule has 0 unspecified atom stereocenters. The summed E-state index contributed by atoms with van der Waals surface area (Å²) in [4.78, 5) is 27.1. The zero-order valence-electron chi connectivity index (χ0n) is 11.5. The smallest absolute Gasteiger partial charge is 0.239 e. The summed E-state index contributed by atoms with van der Waals surface area (Å²) in [5.41, 5.74) is 5.86.